The summed E-state index contributed by atoms with van der Waals surface area (Å²) in [6.07, 6.45) is 0. The average molecular weight is 732 g/mol. The number of fused-ring (bicyclic) bond motifs is 5. The Morgan fingerprint density at radius 1 is 0.333 bits per heavy atom. The van der Waals surface area contributed by atoms with E-state index < -0.39 is 0 Å². The lowest BCUT2D eigenvalue weighted by atomic mass is 10.0. The fourth-order valence-electron chi connectivity index (χ4n) is 7.92. The molecule has 0 N–H and O–H groups in total. The van der Waals surface area contributed by atoms with Crippen LogP contribution in [0.2, 0.25) is 0 Å². The molecule has 10 aromatic rings. The van der Waals surface area contributed by atoms with E-state index in [1.165, 1.54) is 21.8 Å². The van der Waals surface area contributed by atoms with Crippen molar-refractivity contribution < 1.29 is 4.74 Å². The molecule has 0 amide bonds. The molecule has 0 saturated heterocycles. The molecule has 0 atom stereocenters. The molecule has 0 spiro atoms. The second kappa shape index (κ2) is 13.5. The molecule has 1 aliphatic rings. The SMILES string of the molecule is c1ccc(-c2nc(-c3ccccc3)nc(-c3ccc(N4c5ccccc5Oc5cc(-c6ccc7c(c6)c6ccccc6n7-c6ccccc6)ccc54)cc3)n2)cc1. The van der Waals surface area contributed by atoms with Crippen molar-refractivity contribution in [1.82, 2.24) is 19.5 Å². The first-order valence-corrected chi connectivity index (χ1v) is 19.0. The first-order chi connectivity index (χ1) is 28.2. The van der Waals surface area contributed by atoms with Crippen LogP contribution in [-0.2, 0) is 0 Å². The van der Waals surface area contributed by atoms with Gasteiger partial charge in [0, 0.05) is 38.8 Å². The lowest BCUT2D eigenvalue weighted by Crippen LogP contribution is -2.15. The van der Waals surface area contributed by atoms with Crippen molar-refractivity contribution in [3.8, 4) is 62.5 Å². The number of aromatic nitrogens is 4. The van der Waals surface area contributed by atoms with Gasteiger partial charge < -0.3 is 14.2 Å². The molecule has 8 aromatic carbocycles. The van der Waals surface area contributed by atoms with E-state index in [4.69, 9.17) is 19.7 Å². The summed E-state index contributed by atoms with van der Waals surface area (Å²) in [4.78, 5) is 17.0. The van der Waals surface area contributed by atoms with Crippen LogP contribution < -0.4 is 9.64 Å². The summed E-state index contributed by atoms with van der Waals surface area (Å²) in [5.74, 6) is 3.48. The number of para-hydroxylation sites is 4. The van der Waals surface area contributed by atoms with Gasteiger partial charge in [-0.2, -0.15) is 0 Å². The zero-order chi connectivity index (χ0) is 37.7. The smallest absolute Gasteiger partial charge is 0.164 e. The van der Waals surface area contributed by atoms with Crippen molar-refractivity contribution in [1.29, 1.82) is 0 Å². The fourth-order valence-corrected chi connectivity index (χ4v) is 7.92. The lowest BCUT2D eigenvalue weighted by Gasteiger charge is -2.33. The van der Waals surface area contributed by atoms with Crippen LogP contribution >= 0.6 is 0 Å². The Bertz CT molecular complexity index is 3030. The van der Waals surface area contributed by atoms with Gasteiger partial charge in [-0.25, -0.2) is 15.0 Å². The average Bonchev–Trinajstić information content (AvgIpc) is 3.62. The maximum Gasteiger partial charge on any atom is 0.164 e. The molecule has 0 fully saturated rings. The molecule has 3 heterocycles. The van der Waals surface area contributed by atoms with Gasteiger partial charge in [0.05, 0.1) is 22.4 Å². The third-order valence-corrected chi connectivity index (χ3v) is 10.6. The van der Waals surface area contributed by atoms with Crippen LogP contribution in [0, 0.1) is 0 Å². The molecule has 0 bridgehead atoms. The van der Waals surface area contributed by atoms with Crippen molar-refractivity contribution in [2.24, 2.45) is 0 Å². The number of benzene rings is 8. The van der Waals surface area contributed by atoms with Crippen molar-refractivity contribution in [3.05, 3.63) is 200 Å². The van der Waals surface area contributed by atoms with Gasteiger partial charge >= 0.3 is 0 Å². The molecule has 6 nitrogen and oxygen atoms in total. The Balaban J connectivity index is 0.980. The Hall–Kier alpha value is -7.83. The third kappa shape index (κ3) is 5.70. The van der Waals surface area contributed by atoms with Crippen molar-refractivity contribution in [2.75, 3.05) is 4.90 Å². The second-order valence-corrected chi connectivity index (χ2v) is 14.1. The van der Waals surface area contributed by atoms with E-state index in [0.717, 1.165) is 62.1 Å². The molecule has 0 radical (unpaired) electrons. The summed E-state index contributed by atoms with van der Waals surface area (Å²) in [5.41, 5.74) is 11.4. The molecular formula is C51H33N5O. The number of rotatable bonds is 6. The molecule has 268 valence electrons. The minimum atomic E-state index is 0.616. The highest BCUT2D eigenvalue weighted by atomic mass is 16.5. The van der Waals surface area contributed by atoms with Crippen molar-refractivity contribution >= 4 is 38.9 Å². The predicted octanol–water partition coefficient (Wildman–Crippen LogP) is 13.2. The molecule has 6 heteroatoms. The van der Waals surface area contributed by atoms with Gasteiger partial charge in [0.2, 0.25) is 0 Å². The van der Waals surface area contributed by atoms with Gasteiger partial charge in [0.15, 0.2) is 29.0 Å². The zero-order valence-corrected chi connectivity index (χ0v) is 30.7. The van der Waals surface area contributed by atoms with Crippen LogP contribution in [0.15, 0.2) is 200 Å². The largest absolute Gasteiger partial charge is 0.453 e. The quantitative estimate of drug-likeness (QED) is 0.170. The highest BCUT2D eigenvalue weighted by Crippen LogP contribution is 2.51. The third-order valence-electron chi connectivity index (χ3n) is 10.6. The highest BCUT2D eigenvalue weighted by Gasteiger charge is 2.26. The van der Waals surface area contributed by atoms with Crippen molar-refractivity contribution in [2.45, 2.75) is 0 Å². The first-order valence-electron chi connectivity index (χ1n) is 19.0. The summed E-state index contributed by atoms with van der Waals surface area (Å²) in [5, 5.41) is 2.43. The van der Waals surface area contributed by atoms with E-state index in [-0.39, 0.29) is 0 Å². The van der Waals surface area contributed by atoms with E-state index in [0.29, 0.717) is 17.5 Å². The van der Waals surface area contributed by atoms with Gasteiger partial charge in [-0.05, 0) is 90.0 Å². The summed E-state index contributed by atoms with van der Waals surface area (Å²) in [7, 11) is 0. The maximum absolute atomic E-state index is 6.64. The Morgan fingerprint density at radius 2 is 0.842 bits per heavy atom. The minimum Gasteiger partial charge on any atom is -0.453 e. The van der Waals surface area contributed by atoms with Crippen LogP contribution in [0.25, 0.3) is 72.8 Å². The summed E-state index contributed by atoms with van der Waals surface area (Å²) >= 11 is 0. The maximum atomic E-state index is 6.64. The molecule has 0 aliphatic carbocycles. The molecule has 0 unspecified atom stereocenters. The fraction of sp³-hybridized carbons (Fsp3) is 0. The standard InChI is InChI=1S/C51H33N5O/c1-4-14-34(15-5-1)49-52-50(35-16-6-2-7-17-35)54-51(53-49)36-24-28-40(29-25-36)56-45-22-12-13-23-47(45)57-48-33-38(27-31-46(48)56)37-26-30-44-42(32-37)41-20-10-11-21-43(41)55(44)39-18-8-3-9-19-39/h1-33H. The zero-order valence-electron chi connectivity index (χ0n) is 30.7. The number of anilines is 3. The van der Waals surface area contributed by atoms with E-state index in [1.54, 1.807) is 0 Å². The van der Waals surface area contributed by atoms with Gasteiger partial charge in [0.1, 0.15) is 0 Å². The number of ether oxygens (including phenoxy) is 1. The second-order valence-electron chi connectivity index (χ2n) is 14.1. The van der Waals surface area contributed by atoms with Crippen LogP contribution in [-0.4, -0.2) is 19.5 Å². The lowest BCUT2D eigenvalue weighted by molar-refractivity contribution is 0.477. The van der Waals surface area contributed by atoms with E-state index in [9.17, 15) is 0 Å². The number of nitrogens with zero attached hydrogens (tertiary/aromatic N) is 5. The van der Waals surface area contributed by atoms with Gasteiger partial charge in [-0.1, -0.05) is 121 Å². The molecule has 0 saturated carbocycles. The predicted molar refractivity (Wildman–Crippen MR) is 231 cm³/mol. The minimum absolute atomic E-state index is 0.616. The van der Waals surface area contributed by atoms with Crippen LogP contribution in [0.4, 0.5) is 17.1 Å². The van der Waals surface area contributed by atoms with Gasteiger partial charge in [-0.15, -0.1) is 0 Å². The van der Waals surface area contributed by atoms with E-state index >= 15 is 0 Å². The monoisotopic (exact) mass is 731 g/mol. The number of hydrogen-bond acceptors (Lipinski definition) is 5. The van der Waals surface area contributed by atoms with Gasteiger partial charge in [-0.3, -0.25) is 0 Å². The topological polar surface area (TPSA) is 56.1 Å². The van der Waals surface area contributed by atoms with Crippen LogP contribution in [0.1, 0.15) is 0 Å². The molecule has 1 aliphatic heterocycles. The summed E-state index contributed by atoms with van der Waals surface area (Å²) in [6.45, 7) is 0. The first kappa shape index (κ1) is 32.6. The molecule has 57 heavy (non-hydrogen) atoms. The molecule has 11 rings (SSSR count). The normalized spacial score (nSPS) is 12.0. The molecule has 2 aromatic heterocycles. The van der Waals surface area contributed by atoms with Crippen LogP contribution in [0.5, 0.6) is 11.5 Å². The van der Waals surface area contributed by atoms with E-state index in [1.807, 2.05) is 78.9 Å². The van der Waals surface area contributed by atoms with Crippen molar-refractivity contribution in [3.63, 3.8) is 0 Å². The number of hydrogen-bond donors (Lipinski definition) is 0. The van der Waals surface area contributed by atoms with Crippen LogP contribution in [0.3, 0.4) is 0 Å². The van der Waals surface area contributed by atoms with Gasteiger partial charge in [0.25, 0.3) is 0 Å². The Labute approximate surface area is 329 Å². The molecular weight excluding hydrogens is 699 g/mol. The Morgan fingerprint density at radius 3 is 1.54 bits per heavy atom. The summed E-state index contributed by atoms with van der Waals surface area (Å²) < 4.78 is 8.98. The Kier molecular flexibility index (Phi) is 7.71. The highest BCUT2D eigenvalue weighted by molar-refractivity contribution is 6.10. The summed E-state index contributed by atoms with van der Waals surface area (Å²) in [6, 6.07) is 69.2. The van der Waals surface area contributed by atoms with E-state index in [2.05, 4.69) is 131 Å².